The van der Waals surface area contributed by atoms with Crippen LogP contribution in [-0.2, 0) is 14.8 Å². The first-order valence-electron chi connectivity index (χ1n) is 7.47. The van der Waals surface area contributed by atoms with E-state index in [1.165, 1.54) is 39.3 Å². The Kier molecular flexibility index (Phi) is 6.00. The quantitative estimate of drug-likeness (QED) is 0.784. The van der Waals surface area contributed by atoms with Crippen molar-refractivity contribution in [1.82, 2.24) is 4.72 Å². The maximum Gasteiger partial charge on any atom is 0.242 e. The SMILES string of the molecule is COc1ccc(S(=O)(=O)N[C@@H](C)C(=O)Nc2ccccc2)cc1OC. The number of ether oxygens (including phenoxy) is 2. The smallest absolute Gasteiger partial charge is 0.242 e. The van der Waals surface area contributed by atoms with Gasteiger partial charge in [0.05, 0.1) is 25.2 Å². The van der Waals surface area contributed by atoms with Crippen LogP contribution in [0.3, 0.4) is 0 Å². The van der Waals surface area contributed by atoms with Crippen molar-refractivity contribution in [2.75, 3.05) is 19.5 Å². The zero-order valence-electron chi connectivity index (χ0n) is 14.1. The monoisotopic (exact) mass is 364 g/mol. The number of anilines is 1. The molecule has 0 bridgehead atoms. The maximum absolute atomic E-state index is 12.5. The van der Waals surface area contributed by atoms with Crippen LogP contribution in [0.5, 0.6) is 11.5 Å². The van der Waals surface area contributed by atoms with Crippen LogP contribution < -0.4 is 19.5 Å². The first kappa shape index (κ1) is 18.8. The lowest BCUT2D eigenvalue weighted by Gasteiger charge is -2.15. The van der Waals surface area contributed by atoms with Crippen LogP contribution >= 0.6 is 0 Å². The maximum atomic E-state index is 12.5. The van der Waals surface area contributed by atoms with Crippen molar-refractivity contribution < 1.29 is 22.7 Å². The van der Waals surface area contributed by atoms with Gasteiger partial charge in [0.2, 0.25) is 15.9 Å². The highest BCUT2D eigenvalue weighted by molar-refractivity contribution is 7.89. The van der Waals surface area contributed by atoms with Gasteiger partial charge in [0.15, 0.2) is 11.5 Å². The molecule has 0 heterocycles. The van der Waals surface area contributed by atoms with Crippen molar-refractivity contribution in [3.63, 3.8) is 0 Å². The third-order valence-electron chi connectivity index (χ3n) is 3.43. The molecular weight excluding hydrogens is 344 g/mol. The van der Waals surface area contributed by atoms with Crippen LogP contribution in [-0.4, -0.2) is 34.6 Å². The summed E-state index contributed by atoms with van der Waals surface area (Å²) < 4.78 is 37.5. The van der Waals surface area contributed by atoms with E-state index in [0.717, 1.165) is 0 Å². The number of para-hydroxylation sites is 1. The fourth-order valence-electron chi connectivity index (χ4n) is 2.11. The minimum Gasteiger partial charge on any atom is -0.493 e. The fourth-order valence-corrected chi connectivity index (χ4v) is 3.33. The van der Waals surface area contributed by atoms with Gasteiger partial charge in [-0.25, -0.2) is 8.42 Å². The average Bonchev–Trinajstić information content (AvgIpc) is 2.61. The van der Waals surface area contributed by atoms with Crippen LogP contribution in [0.4, 0.5) is 5.69 Å². The van der Waals surface area contributed by atoms with Gasteiger partial charge in [-0.3, -0.25) is 4.79 Å². The largest absolute Gasteiger partial charge is 0.493 e. The number of nitrogens with one attached hydrogen (secondary N) is 2. The summed E-state index contributed by atoms with van der Waals surface area (Å²) in [5.41, 5.74) is 0.588. The molecular formula is C17H20N2O5S. The molecule has 2 N–H and O–H groups in total. The van der Waals surface area contributed by atoms with E-state index in [1.807, 2.05) is 6.07 Å². The summed E-state index contributed by atoms with van der Waals surface area (Å²) in [5, 5.41) is 2.65. The van der Waals surface area contributed by atoms with Crippen LogP contribution in [0.15, 0.2) is 53.4 Å². The van der Waals surface area contributed by atoms with Crippen molar-refractivity contribution in [2.24, 2.45) is 0 Å². The molecule has 1 atom stereocenters. The second kappa shape index (κ2) is 8.00. The molecule has 1 amide bonds. The lowest BCUT2D eigenvalue weighted by atomic mass is 10.3. The molecule has 8 heteroatoms. The van der Waals surface area contributed by atoms with E-state index in [1.54, 1.807) is 24.3 Å². The Hall–Kier alpha value is -2.58. The van der Waals surface area contributed by atoms with E-state index in [9.17, 15) is 13.2 Å². The van der Waals surface area contributed by atoms with Gasteiger partial charge in [-0.05, 0) is 31.2 Å². The Morgan fingerprint density at radius 2 is 1.64 bits per heavy atom. The summed E-state index contributed by atoms with van der Waals surface area (Å²) in [7, 11) is -1.03. The number of benzene rings is 2. The highest BCUT2D eigenvalue weighted by Gasteiger charge is 2.23. The molecule has 0 saturated carbocycles. The number of sulfonamides is 1. The van der Waals surface area contributed by atoms with Crippen molar-refractivity contribution in [3.8, 4) is 11.5 Å². The van der Waals surface area contributed by atoms with Crippen molar-refractivity contribution in [1.29, 1.82) is 0 Å². The molecule has 25 heavy (non-hydrogen) atoms. The Morgan fingerprint density at radius 3 is 2.24 bits per heavy atom. The molecule has 0 saturated heterocycles. The summed E-state index contributed by atoms with van der Waals surface area (Å²) in [6, 6.07) is 12.0. The molecule has 0 aromatic heterocycles. The Morgan fingerprint density at radius 1 is 1.00 bits per heavy atom. The summed E-state index contributed by atoms with van der Waals surface area (Å²) >= 11 is 0. The number of carbonyl (C=O) groups is 1. The van der Waals surface area contributed by atoms with E-state index < -0.39 is 22.0 Å². The highest BCUT2D eigenvalue weighted by atomic mass is 32.2. The number of hydrogen-bond acceptors (Lipinski definition) is 5. The third kappa shape index (κ3) is 4.71. The van der Waals surface area contributed by atoms with Crippen LogP contribution in [0, 0.1) is 0 Å². The first-order chi connectivity index (χ1) is 11.9. The molecule has 0 aliphatic rings. The molecule has 2 rings (SSSR count). The second-order valence-corrected chi connectivity index (χ2v) is 6.93. The van der Waals surface area contributed by atoms with Gasteiger partial charge >= 0.3 is 0 Å². The first-order valence-corrected chi connectivity index (χ1v) is 8.96. The lowest BCUT2D eigenvalue weighted by Crippen LogP contribution is -2.41. The molecule has 134 valence electrons. The van der Waals surface area contributed by atoms with Gasteiger partial charge in [-0.1, -0.05) is 18.2 Å². The van der Waals surface area contributed by atoms with Crippen LogP contribution in [0.2, 0.25) is 0 Å². The minimum atomic E-state index is -3.90. The summed E-state index contributed by atoms with van der Waals surface area (Å²) in [4.78, 5) is 12.1. The zero-order chi connectivity index (χ0) is 18.4. The van der Waals surface area contributed by atoms with Crippen LogP contribution in [0.1, 0.15) is 6.92 Å². The second-order valence-electron chi connectivity index (χ2n) is 5.22. The normalized spacial score (nSPS) is 12.3. The Bertz CT molecular complexity index is 837. The number of carbonyl (C=O) groups excluding carboxylic acids is 1. The standard InChI is InChI=1S/C17H20N2O5S/c1-12(17(20)18-13-7-5-4-6-8-13)19-25(21,22)14-9-10-15(23-2)16(11-14)24-3/h4-12,19H,1-3H3,(H,18,20)/t12-/m0/s1. The van der Waals surface area contributed by atoms with Crippen molar-refractivity contribution >= 4 is 21.6 Å². The van der Waals surface area contributed by atoms with Gasteiger partial charge in [0.25, 0.3) is 0 Å². The van der Waals surface area contributed by atoms with Crippen molar-refractivity contribution in [3.05, 3.63) is 48.5 Å². The molecule has 0 unspecified atom stereocenters. The van der Waals surface area contributed by atoms with Gasteiger partial charge in [0, 0.05) is 11.8 Å². The number of rotatable bonds is 7. The van der Waals surface area contributed by atoms with E-state index >= 15 is 0 Å². The Balaban J connectivity index is 2.13. The van der Waals surface area contributed by atoms with Gasteiger partial charge in [-0.2, -0.15) is 4.72 Å². The van der Waals surface area contributed by atoms with E-state index in [4.69, 9.17) is 9.47 Å². The molecule has 2 aromatic carbocycles. The number of amides is 1. The molecule has 0 radical (unpaired) electrons. The number of methoxy groups -OCH3 is 2. The number of hydrogen-bond donors (Lipinski definition) is 2. The molecule has 7 nitrogen and oxygen atoms in total. The van der Waals surface area contributed by atoms with Crippen LogP contribution in [0.25, 0.3) is 0 Å². The minimum absolute atomic E-state index is 0.0236. The van der Waals surface area contributed by atoms with Gasteiger partial charge in [-0.15, -0.1) is 0 Å². The lowest BCUT2D eigenvalue weighted by molar-refractivity contribution is -0.117. The Labute approximate surface area is 147 Å². The topological polar surface area (TPSA) is 93.7 Å². The predicted molar refractivity (Wildman–Crippen MR) is 94.4 cm³/mol. The van der Waals surface area contributed by atoms with Crippen molar-refractivity contribution in [2.45, 2.75) is 17.9 Å². The molecule has 0 aliphatic heterocycles. The van der Waals surface area contributed by atoms with Gasteiger partial charge in [0.1, 0.15) is 0 Å². The summed E-state index contributed by atoms with van der Waals surface area (Å²) in [6.07, 6.45) is 0. The molecule has 0 aliphatic carbocycles. The van der Waals surface area contributed by atoms with E-state index in [2.05, 4.69) is 10.0 Å². The molecule has 0 fully saturated rings. The fraction of sp³-hybridized carbons (Fsp3) is 0.235. The van der Waals surface area contributed by atoms with E-state index in [-0.39, 0.29) is 10.6 Å². The summed E-state index contributed by atoms with van der Waals surface area (Å²) in [6.45, 7) is 1.47. The van der Waals surface area contributed by atoms with Gasteiger partial charge < -0.3 is 14.8 Å². The van der Waals surface area contributed by atoms with E-state index in [0.29, 0.717) is 11.4 Å². The highest BCUT2D eigenvalue weighted by Crippen LogP contribution is 2.29. The molecule has 0 spiro atoms. The predicted octanol–water partition coefficient (Wildman–Crippen LogP) is 2.01. The summed E-state index contributed by atoms with van der Waals surface area (Å²) in [5.74, 6) is 0.235. The zero-order valence-corrected chi connectivity index (χ0v) is 15.0. The molecule has 2 aromatic rings. The average molecular weight is 364 g/mol. The third-order valence-corrected chi connectivity index (χ3v) is 4.97.